The molecule has 5 nitrogen and oxygen atoms in total. The summed E-state index contributed by atoms with van der Waals surface area (Å²) in [6.45, 7) is 1.91. The van der Waals surface area contributed by atoms with Gasteiger partial charge in [-0.1, -0.05) is 0 Å². The van der Waals surface area contributed by atoms with Crippen LogP contribution >= 0.6 is 0 Å². The van der Waals surface area contributed by atoms with Gasteiger partial charge < -0.3 is 4.90 Å². The van der Waals surface area contributed by atoms with E-state index in [0.717, 1.165) is 44.8 Å². The summed E-state index contributed by atoms with van der Waals surface area (Å²) in [4.78, 5) is 29.3. The van der Waals surface area contributed by atoms with E-state index in [2.05, 4.69) is 4.98 Å². The second-order valence-electron chi connectivity index (χ2n) is 6.15. The molecular weight excluding hydrogens is 292 g/mol. The number of carbonyl (C=O) groups is 1. The van der Waals surface area contributed by atoms with Crippen LogP contribution in [0.5, 0.6) is 0 Å². The fraction of sp³-hybridized carbons (Fsp3) is 0.667. The monoisotopic (exact) mass is 311 g/mol. The highest BCUT2D eigenvalue weighted by Gasteiger charge is 2.34. The van der Waals surface area contributed by atoms with Gasteiger partial charge in [0.25, 0.3) is 12.0 Å². The summed E-state index contributed by atoms with van der Waals surface area (Å²) in [6.07, 6.45) is 2.17. The first-order valence-corrected chi connectivity index (χ1v) is 7.68. The van der Waals surface area contributed by atoms with Crippen LogP contribution in [0, 0.1) is 11.8 Å². The van der Waals surface area contributed by atoms with Gasteiger partial charge in [-0.15, -0.1) is 0 Å². The van der Waals surface area contributed by atoms with E-state index in [1.807, 2.05) is 4.90 Å². The molecule has 0 unspecified atom stereocenters. The second kappa shape index (κ2) is 6.14. The van der Waals surface area contributed by atoms with Gasteiger partial charge in [0.15, 0.2) is 0 Å². The Morgan fingerprint density at radius 3 is 2.50 bits per heavy atom. The normalized spacial score (nSPS) is 19.7. The van der Waals surface area contributed by atoms with Crippen molar-refractivity contribution < 1.29 is 13.6 Å². The quantitative estimate of drug-likeness (QED) is 0.852. The van der Waals surface area contributed by atoms with Gasteiger partial charge in [0.2, 0.25) is 5.91 Å². The van der Waals surface area contributed by atoms with Gasteiger partial charge in [-0.3, -0.25) is 14.2 Å². The number of aromatic nitrogens is 2. The number of rotatable bonds is 4. The molecular formula is C15H19F2N3O2. The van der Waals surface area contributed by atoms with Crippen LogP contribution in [0.15, 0.2) is 17.2 Å². The topological polar surface area (TPSA) is 55.2 Å². The molecule has 1 saturated heterocycles. The summed E-state index contributed by atoms with van der Waals surface area (Å²) in [6, 6.07) is 0.899. The van der Waals surface area contributed by atoms with E-state index >= 15 is 0 Å². The van der Waals surface area contributed by atoms with E-state index in [-0.39, 0.29) is 17.7 Å². The number of halogens is 2. The van der Waals surface area contributed by atoms with Crippen LogP contribution in [0.2, 0.25) is 0 Å². The van der Waals surface area contributed by atoms with Crippen molar-refractivity contribution in [3.63, 3.8) is 0 Å². The van der Waals surface area contributed by atoms with Crippen molar-refractivity contribution in [2.75, 3.05) is 13.1 Å². The Kier molecular flexibility index (Phi) is 4.22. The van der Waals surface area contributed by atoms with Gasteiger partial charge in [0.1, 0.15) is 5.69 Å². The molecule has 1 aliphatic carbocycles. The number of hydrogen-bond donors (Lipinski definition) is 0. The van der Waals surface area contributed by atoms with Crippen LogP contribution < -0.4 is 5.56 Å². The summed E-state index contributed by atoms with van der Waals surface area (Å²) < 4.78 is 26.3. The Bertz CT molecular complexity index is 605. The van der Waals surface area contributed by atoms with E-state index in [1.54, 1.807) is 0 Å². The Balaban J connectivity index is 1.56. The fourth-order valence-corrected chi connectivity index (χ4v) is 2.90. The van der Waals surface area contributed by atoms with E-state index < -0.39 is 17.7 Å². The smallest absolute Gasteiger partial charge is 0.280 e. The van der Waals surface area contributed by atoms with Crippen molar-refractivity contribution in [3.05, 3.63) is 28.4 Å². The highest BCUT2D eigenvalue weighted by Crippen LogP contribution is 2.32. The molecule has 2 fully saturated rings. The lowest BCUT2D eigenvalue weighted by atomic mass is 9.96. The molecule has 0 radical (unpaired) electrons. The maximum Gasteiger partial charge on any atom is 0.280 e. The molecule has 0 bridgehead atoms. The summed E-state index contributed by atoms with van der Waals surface area (Å²) in [5.41, 5.74) is -0.923. The minimum absolute atomic E-state index is 0.241. The van der Waals surface area contributed by atoms with E-state index in [9.17, 15) is 18.4 Å². The largest absolute Gasteiger partial charge is 0.342 e. The highest BCUT2D eigenvalue weighted by molar-refractivity contribution is 5.81. The lowest BCUT2D eigenvalue weighted by Crippen LogP contribution is -2.40. The van der Waals surface area contributed by atoms with E-state index in [4.69, 9.17) is 0 Å². The van der Waals surface area contributed by atoms with Crippen molar-refractivity contribution in [2.45, 2.75) is 38.7 Å². The number of nitrogens with zero attached hydrogens (tertiary/aromatic N) is 3. The lowest BCUT2D eigenvalue weighted by Gasteiger charge is -2.32. The Labute approximate surface area is 126 Å². The Morgan fingerprint density at radius 1 is 1.27 bits per heavy atom. The van der Waals surface area contributed by atoms with E-state index in [0.29, 0.717) is 6.54 Å². The molecule has 2 heterocycles. The molecule has 22 heavy (non-hydrogen) atoms. The summed E-state index contributed by atoms with van der Waals surface area (Å²) in [5.74, 6) is 0.781. The van der Waals surface area contributed by atoms with Gasteiger partial charge in [-0.05, 0) is 31.6 Å². The Hall–Kier alpha value is -1.79. The third-order valence-electron chi connectivity index (χ3n) is 4.43. The van der Waals surface area contributed by atoms with Crippen LogP contribution in [-0.4, -0.2) is 33.4 Å². The van der Waals surface area contributed by atoms with Crippen molar-refractivity contribution in [1.82, 2.24) is 14.5 Å². The maximum atomic E-state index is 12.5. The average molecular weight is 311 g/mol. The molecule has 1 aromatic heterocycles. The lowest BCUT2D eigenvalue weighted by molar-refractivity contribution is -0.134. The zero-order valence-corrected chi connectivity index (χ0v) is 12.3. The molecule has 1 aromatic rings. The van der Waals surface area contributed by atoms with Crippen LogP contribution in [-0.2, 0) is 11.3 Å². The standard InChI is InChI=1S/C15H19F2N3O2/c16-14(17)12-7-13(21)20(9-18-12)8-10-3-5-19(6-4-10)15(22)11-1-2-11/h7,9-11,14H,1-6,8H2. The predicted octanol–water partition coefficient (Wildman–Crippen LogP) is 1.83. The van der Waals surface area contributed by atoms with Crippen molar-refractivity contribution in [1.29, 1.82) is 0 Å². The number of alkyl halides is 2. The first-order chi connectivity index (χ1) is 10.5. The van der Waals surface area contributed by atoms with Gasteiger partial charge in [0.05, 0.1) is 6.33 Å². The Morgan fingerprint density at radius 2 is 1.95 bits per heavy atom. The number of likely N-dealkylation sites (tertiary alicyclic amines) is 1. The molecule has 2 aliphatic rings. The maximum absolute atomic E-state index is 12.5. The third-order valence-corrected chi connectivity index (χ3v) is 4.43. The van der Waals surface area contributed by atoms with Crippen LogP contribution in [0.4, 0.5) is 8.78 Å². The van der Waals surface area contributed by atoms with Gasteiger partial charge in [-0.25, -0.2) is 13.8 Å². The number of piperidine rings is 1. The zero-order chi connectivity index (χ0) is 15.7. The predicted molar refractivity (Wildman–Crippen MR) is 75.5 cm³/mol. The van der Waals surface area contributed by atoms with Crippen LogP contribution in [0.25, 0.3) is 0 Å². The van der Waals surface area contributed by atoms with E-state index in [1.165, 1.54) is 10.9 Å². The average Bonchev–Trinajstić information content (AvgIpc) is 3.34. The molecule has 7 heteroatoms. The molecule has 0 spiro atoms. The van der Waals surface area contributed by atoms with Crippen molar-refractivity contribution >= 4 is 5.91 Å². The molecule has 1 saturated carbocycles. The third kappa shape index (κ3) is 3.34. The molecule has 1 aliphatic heterocycles. The molecule has 0 N–H and O–H groups in total. The highest BCUT2D eigenvalue weighted by atomic mass is 19.3. The number of carbonyl (C=O) groups excluding carboxylic acids is 1. The first-order valence-electron chi connectivity index (χ1n) is 7.68. The van der Waals surface area contributed by atoms with Gasteiger partial charge in [0, 0.05) is 31.6 Å². The first kappa shape index (κ1) is 15.1. The minimum atomic E-state index is -2.72. The van der Waals surface area contributed by atoms with Gasteiger partial charge >= 0.3 is 0 Å². The zero-order valence-electron chi connectivity index (χ0n) is 12.3. The molecule has 1 amide bonds. The molecule has 0 aromatic carbocycles. The fourth-order valence-electron chi connectivity index (χ4n) is 2.90. The van der Waals surface area contributed by atoms with Crippen molar-refractivity contribution in [3.8, 4) is 0 Å². The second-order valence-corrected chi connectivity index (χ2v) is 6.15. The van der Waals surface area contributed by atoms with Crippen LogP contribution in [0.1, 0.15) is 37.8 Å². The van der Waals surface area contributed by atoms with Crippen LogP contribution in [0.3, 0.4) is 0 Å². The van der Waals surface area contributed by atoms with Crippen molar-refractivity contribution in [2.24, 2.45) is 11.8 Å². The summed E-state index contributed by atoms with van der Waals surface area (Å²) in [5, 5.41) is 0. The molecule has 120 valence electrons. The molecule has 3 rings (SSSR count). The SMILES string of the molecule is O=C(C1CC1)N1CCC(Cn2cnc(C(F)F)cc2=O)CC1. The minimum Gasteiger partial charge on any atom is -0.342 e. The number of amides is 1. The summed E-state index contributed by atoms with van der Waals surface area (Å²) >= 11 is 0. The van der Waals surface area contributed by atoms with Gasteiger partial charge in [-0.2, -0.15) is 0 Å². The summed E-state index contributed by atoms with van der Waals surface area (Å²) in [7, 11) is 0. The molecule has 0 atom stereocenters. The number of hydrogen-bond acceptors (Lipinski definition) is 3.